The molecule has 3 aromatic carbocycles. The normalized spacial score (nSPS) is 12.2. The summed E-state index contributed by atoms with van der Waals surface area (Å²) in [6.45, 7) is 0.592. The molecule has 1 unspecified atom stereocenters. The highest BCUT2D eigenvalue weighted by molar-refractivity contribution is 5.94. The summed E-state index contributed by atoms with van der Waals surface area (Å²) in [5, 5.41) is 3.08. The van der Waals surface area contributed by atoms with Gasteiger partial charge in [-0.1, -0.05) is 42.5 Å². The first-order chi connectivity index (χ1) is 14.6. The first-order valence-electron chi connectivity index (χ1n) is 10.1. The largest absolute Gasteiger partial charge is 0.350 e. The molecule has 30 heavy (non-hydrogen) atoms. The van der Waals surface area contributed by atoms with Gasteiger partial charge in [0, 0.05) is 23.8 Å². The Bertz CT molecular complexity index is 1120. The number of imidazole rings is 1. The second kappa shape index (κ2) is 8.93. The zero-order valence-corrected chi connectivity index (χ0v) is 17.3. The monoisotopic (exact) mass is 398 g/mol. The Morgan fingerprint density at radius 3 is 2.40 bits per heavy atom. The van der Waals surface area contributed by atoms with Crippen molar-refractivity contribution in [1.29, 1.82) is 0 Å². The Labute approximate surface area is 177 Å². The summed E-state index contributed by atoms with van der Waals surface area (Å²) in [4.78, 5) is 19.3. The van der Waals surface area contributed by atoms with E-state index in [1.807, 2.05) is 91.7 Å². The Hall–Kier alpha value is -3.44. The molecule has 0 saturated carbocycles. The quantitative estimate of drug-likeness (QED) is 0.513. The van der Waals surface area contributed by atoms with Gasteiger partial charge in [-0.25, -0.2) is 4.98 Å². The molecule has 0 aliphatic carbocycles. The van der Waals surface area contributed by atoms with E-state index < -0.39 is 0 Å². The van der Waals surface area contributed by atoms with E-state index >= 15 is 0 Å². The molecule has 0 aliphatic rings. The Kier molecular flexibility index (Phi) is 5.91. The number of hydrogen-bond acceptors (Lipinski definition) is 3. The van der Waals surface area contributed by atoms with Crippen molar-refractivity contribution in [3.8, 4) is 5.69 Å². The molecule has 152 valence electrons. The van der Waals surface area contributed by atoms with Crippen LogP contribution in [-0.4, -0.2) is 47.0 Å². The van der Waals surface area contributed by atoms with Gasteiger partial charge < -0.3 is 10.2 Å². The van der Waals surface area contributed by atoms with E-state index in [4.69, 9.17) is 0 Å². The van der Waals surface area contributed by atoms with Gasteiger partial charge in [-0.05, 0) is 62.5 Å². The standard InChI is InChI=1S/C25H26N4O/c1-28(2)22(16-19-8-4-3-5-9-19)17-26-25(30)20-12-14-21(15-13-20)29-18-27-23-10-6-7-11-24(23)29/h3-15,18,22H,16-17H2,1-2H3,(H,26,30). The van der Waals surface area contributed by atoms with Crippen LogP contribution in [0.5, 0.6) is 0 Å². The summed E-state index contributed by atoms with van der Waals surface area (Å²) < 4.78 is 2.03. The molecule has 4 aromatic rings. The van der Waals surface area contributed by atoms with E-state index in [0.29, 0.717) is 12.1 Å². The fourth-order valence-corrected chi connectivity index (χ4v) is 3.57. The van der Waals surface area contributed by atoms with Crippen LogP contribution in [0.4, 0.5) is 0 Å². The molecule has 1 heterocycles. The van der Waals surface area contributed by atoms with Gasteiger partial charge in [0.15, 0.2) is 0 Å². The number of nitrogens with one attached hydrogen (secondary N) is 1. The smallest absolute Gasteiger partial charge is 0.251 e. The number of carbonyl (C=O) groups excluding carboxylic acids is 1. The van der Waals surface area contributed by atoms with E-state index in [1.165, 1.54) is 5.56 Å². The van der Waals surface area contributed by atoms with Crippen LogP contribution in [-0.2, 0) is 6.42 Å². The van der Waals surface area contributed by atoms with E-state index in [1.54, 1.807) is 0 Å². The number of para-hydroxylation sites is 2. The van der Waals surface area contributed by atoms with Gasteiger partial charge in [-0.15, -0.1) is 0 Å². The lowest BCUT2D eigenvalue weighted by Crippen LogP contribution is -2.41. The van der Waals surface area contributed by atoms with Crippen LogP contribution in [0.25, 0.3) is 16.7 Å². The van der Waals surface area contributed by atoms with E-state index in [9.17, 15) is 4.79 Å². The van der Waals surface area contributed by atoms with Crippen LogP contribution >= 0.6 is 0 Å². The Morgan fingerprint density at radius 2 is 1.67 bits per heavy atom. The third-order valence-corrected chi connectivity index (χ3v) is 5.40. The van der Waals surface area contributed by atoms with Gasteiger partial charge in [0.1, 0.15) is 6.33 Å². The summed E-state index contributed by atoms with van der Waals surface area (Å²) in [6, 6.07) is 26.2. The van der Waals surface area contributed by atoms with Crippen LogP contribution in [0.15, 0.2) is 85.2 Å². The van der Waals surface area contributed by atoms with Crippen molar-refractivity contribution in [2.45, 2.75) is 12.5 Å². The summed E-state index contributed by atoms with van der Waals surface area (Å²) in [5.74, 6) is -0.0584. The number of hydrogen-bond donors (Lipinski definition) is 1. The summed E-state index contributed by atoms with van der Waals surface area (Å²) in [6.07, 6.45) is 2.70. The third-order valence-electron chi connectivity index (χ3n) is 5.40. The molecule has 1 aromatic heterocycles. The lowest BCUT2D eigenvalue weighted by atomic mass is 10.0. The average Bonchev–Trinajstić information content (AvgIpc) is 3.21. The van der Waals surface area contributed by atoms with Crippen LogP contribution in [0, 0.1) is 0 Å². The predicted octanol–water partition coefficient (Wildman–Crippen LogP) is 3.93. The molecule has 5 heteroatoms. The van der Waals surface area contributed by atoms with E-state index in [2.05, 4.69) is 27.3 Å². The number of nitrogens with zero attached hydrogens (tertiary/aromatic N) is 3. The molecule has 0 aliphatic heterocycles. The van der Waals surface area contributed by atoms with Crippen molar-refractivity contribution in [2.24, 2.45) is 0 Å². The molecule has 5 nitrogen and oxygen atoms in total. The summed E-state index contributed by atoms with van der Waals surface area (Å²) >= 11 is 0. The minimum Gasteiger partial charge on any atom is -0.350 e. The van der Waals surface area contributed by atoms with Crippen LogP contribution in [0.1, 0.15) is 15.9 Å². The number of aromatic nitrogens is 2. The number of amides is 1. The Morgan fingerprint density at radius 1 is 0.967 bits per heavy atom. The zero-order valence-electron chi connectivity index (χ0n) is 17.3. The van der Waals surface area contributed by atoms with Gasteiger partial charge in [0.25, 0.3) is 5.91 Å². The highest BCUT2D eigenvalue weighted by Crippen LogP contribution is 2.18. The van der Waals surface area contributed by atoms with Gasteiger partial charge in [-0.3, -0.25) is 9.36 Å². The van der Waals surface area contributed by atoms with Gasteiger partial charge in [-0.2, -0.15) is 0 Å². The zero-order chi connectivity index (χ0) is 20.9. The fourth-order valence-electron chi connectivity index (χ4n) is 3.57. The van der Waals surface area contributed by atoms with Gasteiger partial charge in [0.2, 0.25) is 0 Å². The predicted molar refractivity (Wildman–Crippen MR) is 121 cm³/mol. The first kappa shape index (κ1) is 19.9. The molecule has 1 amide bonds. The summed E-state index contributed by atoms with van der Waals surface area (Å²) in [7, 11) is 4.09. The van der Waals surface area contributed by atoms with Crippen molar-refractivity contribution in [2.75, 3.05) is 20.6 Å². The van der Waals surface area contributed by atoms with Crippen molar-refractivity contribution >= 4 is 16.9 Å². The molecular weight excluding hydrogens is 372 g/mol. The minimum absolute atomic E-state index is 0.0584. The second-order valence-electron chi connectivity index (χ2n) is 7.67. The Balaban J connectivity index is 1.42. The SMILES string of the molecule is CN(C)C(CNC(=O)c1ccc(-n2cnc3ccccc32)cc1)Cc1ccccc1. The van der Waals surface area contributed by atoms with Crippen LogP contribution in [0.2, 0.25) is 0 Å². The van der Waals surface area contributed by atoms with Gasteiger partial charge in [0.05, 0.1) is 11.0 Å². The fraction of sp³-hybridized carbons (Fsp3) is 0.200. The number of carbonyl (C=O) groups is 1. The van der Waals surface area contributed by atoms with Crippen LogP contribution < -0.4 is 5.32 Å². The lowest BCUT2D eigenvalue weighted by Gasteiger charge is -2.24. The number of fused-ring (bicyclic) bond motifs is 1. The molecule has 4 rings (SSSR count). The highest BCUT2D eigenvalue weighted by Gasteiger charge is 2.15. The first-order valence-corrected chi connectivity index (χ1v) is 10.1. The topological polar surface area (TPSA) is 50.2 Å². The average molecular weight is 399 g/mol. The second-order valence-corrected chi connectivity index (χ2v) is 7.67. The maximum Gasteiger partial charge on any atom is 0.251 e. The van der Waals surface area contributed by atoms with Crippen molar-refractivity contribution in [1.82, 2.24) is 19.8 Å². The summed E-state index contributed by atoms with van der Waals surface area (Å²) in [5.41, 5.74) is 4.90. The number of rotatable bonds is 7. The molecular formula is C25H26N4O. The van der Waals surface area contributed by atoms with E-state index in [-0.39, 0.29) is 11.9 Å². The van der Waals surface area contributed by atoms with E-state index in [0.717, 1.165) is 23.1 Å². The van der Waals surface area contributed by atoms with Crippen molar-refractivity contribution < 1.29 is 4.79 Å². The minimum atomic E-state index is -0.0584. The van der Waals surface area contributed by atoms with Crippen molar-refractivity contribution in [3.05, 3.63) is 96.3 Å². The lowest BCUT2D eigenvalue weighted by molar-refractivity contribution is 0.0941. The highest BCUT2D eigenvalue weighted by atomic mass is 16.1. The molecule has 0 fully saturated rings. The molecule has 1 N–H and O–H groups in total. The molecule has 0 saturated heterocycles. The number of benzene rings is 3. The van der Waals surface area contributed by atoms with Crippen LogP contribution in [0.3, 0.4) is 0 Å². The third kappa shape index (κ3) is 4.42. The molecule has 0 spiro atoms. The molecule has 1 atom stereocenters. The number of likely N-dealkylation sites (N-methyl/N-ethyl adjacent to an activating group) is 1. The maximum atomic E-state index is 12.7. The van der Waals surface area contributed by atoms with Crippen molar-refractivity contribution in [3.63, 3.8) is 0 Å². The maximum absolute atomic E-state index is 12.7. The molecule has 0 radical (unpaired) electrons. The van der Waals surface area contributed by atoms with Gasteiger partial charge >= 0.3 is 0 Å². The molecule has 0 bridgehead atoms.